The average Bonchev–Trinajstić information content (AvgIpc) is 2.96. The molecule has 110 valence electrons. The maximum Gasteiger partial charge on any atom is 0.142 e. The van der Waals surface area contributed by atoms with Crippen LogP contribution in [0.3, 0.4) is 0 Å². The largest absolute Gasteiger partial charge is 0.494 e. The van der Waals surface area contributed by atoms with Gasteiger partial charge < -0.3 is 14.8 Å². The Kier molecular flexibility index (Phi) is 5.47. The number of ether oxygens (including phenoxy) is 2. The summed E-state index contributed by atoms with van der Waals surface area (Å²) in [6, 6.07) is 9.78. The van der Waals surface area contributed by atoms with Crippen LogP contribution in [0.1, 0.15) is 24.3 Å². The van der Waals surface area contributed by atoms with Crippen molar-refractivity contribution >= 4 is 17.0 Å². The minimum atomic E-state index is 0.611. The van der Waals surface area contributed by atoms with E-state index in [9.17, 15) is 0 Å². The van der Waals surface area contributed by atoms with Crippen LogP contribution in [-0.4, -0.2) is 13.2 Å². The van der Waals surface area contributed by atoms with Crippen molar-refractivity contribution in [2.45, 2.75) is 20.4 Å². The molecule has 0 spiro atoms. The third kappa shape index (κ3) is 4.14. The van der Waals surface area contributed by atoms with Crippen molar-refractivity contribution < 1.29 is 9.47 Å². The van der Waals surface area contributed by atoms with Gasteiger partial charge in [-0.1, -0.05) is 0 Å². The number of rotatable bonds is 7. The lowest BCUT2D eigenvalue weighted by atomic mass is 10.2. The average molecular weight is 302 g/mol. The number of benzene rings is 1. The highest BCUT2D eigenvalue weighted by molar-refractivity contribution is 7.10. The fourth-order valence-corrected chi connectivity index (χ4v) is 2.65. The van der Waals surface area contributed by atoms with E-state index in [0.717, 1.165) is 22.1 Å². The second-order valence-electron chi connectivity index (χ2n) is 4.29. The van der Waals surface area contributed by atoms with Crippen molar-refractivity contribution in [1.29, 1.82) is 5.26 Å². The maximum absolute atomic E-state index is 8.85. The van der Waals surface area contributed by atoms with E-state index in [0.29, 0.717) is 25.3 Å². The lowest BCUT2D eigenvalue weighted by Gasteiger charge is -2.13. The van der Waals surface area contributed by atoms with E-state index in [-0.39, 0.29) is 0 Å². The first-order chi connectivity index (χ1) is 10.3. The Hall–Kier alpha value is -2.19. The SMILES string of the molecule is CCOc1ccc(OCC)c(NCc2cc(C#N)cs2)c1. The minimum absolute atomic E-state index is 0.611. The zero-order valence-corrected chi connectivity index (χ0v) is 13.0. The first kappa shape index (κ1) is 15.2. The van der Waals surface area contributed by atoms with Gasteiger partial charge in [-0.05, 0) is 32.0 Å². The van der Waals surface area contributed by atoms with E-state index < -0.39 is 0 Å². The molecule has 4 nitrogen and oxygen atoms in total. The molecule has 2 rings (SSSR count). The Bertz CT molecular complexity index is 631. The molecule has 0 aliphatic carbocycles. The Morgan fingerprint density at radius 2 is 2.00 bits per heavy atom. The molecule has 0 aliphatic rings. The molecular formula is C16H18N2O2S. The van der Waals surface area contributed by atoms with Crippen LogP contribution >= 0.6 is 11.3 Å². The van der Waals surface area contributed by atoms with Crippen molar-refractivity contribution in [2.24, 2.45) is 0 Å². The van der Waals surface area contributed by atoms with Crippen LogP contribution in [0.4, 0.5) is 5.69 Å². The van der Waals surface area contributed by atoms with Crippen molar-refractivity contribution in [3.05, 3.63) is 40.1 Å². The second kappa shape index (κ2) is 7.55. The van der Waals surface area contributed by atoms with Crippen LogP contribution in [0.25, 0.3) is 0 Å². The molecular weight excluding hydrogens is 284 g/mol. The van der Waals surface area contributed by atoms with Gasteiger partial charge in [-0.2, -0.15) is 5.26 Å². The Labute approximate surface area is 128 Å². The summed E-state index contributed by atoms with van der Waals surface area (Å²) in [7, 11) is 0. The van der Waals surface area contributed by atoms with Gasteiger partial charge in [0.2, 0.25) is 0 Å². The smallest absolute Gasteiger partial charge is 0.142 e. The van der Waals surface area contributed by atoms with Crippen molar-refractivity contribution in [3.63, 3.8) is 0 Å². The molecule has 0 aliphatic heterocycles. The van der Waals surface area contributed by atoms with Gasteiger partial charge in [-0.3, -0.25) is 0 Å². The Morgan fingerprint density at radius 3 is 2.67 bits per heavy atom. The number of hydrogen-bond acceptors (Lipinski definition) is 5. The van der Waals surface area contributed by atoms with Gasteiger partial charge in [0.25, 0.3) is 0 Å². The van der Waals surface area contributed by atoms with Crippen LogP contribution in [0.5, 0.6) is 11.5 Å². The summed E-state index contributed by atoms with van der Waals surface area (Å²) in [6.45, 7) is 5.81. The first-order valence-corrected chi connectivity index (χ1v) is 7.75. The molecule has 2 aromatic rings. The summed E-state index contributed by atoms with van der Waals surface area (Å²) in [5, 5.41) is 14.1. The molecule has 0 bridgehead atoms. The number of thiophene rings is 1. The summed E-state index contributed by atoms with van der Waals surface area (Å²) >= 11 is 1.57. The summed E-state index contributed by atoms with van der Waals surface area (Å²) in [6.07, 6.45) is 0. The van der Waals surface area contributed by atoms with Crippen molar-refractivity contribution in [3.8, 4) is 17.6 Å². The third-order valence-corrected chi connectivity index (χ3v) is 3.73. The van der Waals surface area contributed by atoms with Gasteiger partial charge in [0.1, 0.15) is 17.6 Å². The Balaban J connectivity index is 2.12. The predicted molar refractivity (Wildman–Crippen MR) is 85.1 cm³/mol. The van der Waals surface area contributed by atoms with Gasteiger partial charge in [0, 0.05) is 22.9 Å². The van der Waals surface area contributed by atoms with Crippen LogP contribution in [0, 0.1) is 11.3 Å². The van der Waals surface area contributed by atoms with Crippen molar-refractivity contribution in [1.82, 2.24) is 0 Å². The molecule has 0 atom stereocenters. The molecule has 1 aromatic carbocycles. The van der Waals surface area contributed by atoms with Gasteiger partial charge in [-0.15, -0.1) is 11.3 Å². The molecule has 0 amide bonds. The van der Waals surface area contributed by atoms with Crippen LogP contribution in [-0.2, 0) is 6.54 Å². The highest BCUT2D eigenvalue weighted by Crippen LogP contribution is 2.30. The number of nitrogens with zero attached hydrogens (tertiary/aromatic N) is 1. The number of anilines is 1. The van der Waals surface area contributed by atoms with Gasteiger partial charge in [-0.25, -0.2) is 0 Å². The van der Waals surface area contributed by atoms with Gasteiger partial charge in [0.15, 0.2) is 0 Å². The van der Waals surface area contributed by atoms with E-state index in [1.165, 1.54) is 0 Å². The van der Waals surface area contributed by atoms with Crippen LogP contribution < -0.4 is 14.8 Å². The summed E-state index contributed by atoms with van der Waals surface area (Å²) < 4.78 is 11.1. The highest BCUT2D eigenvalue weighted by atomic mass is 32.1. The normalized spacial score (nSPS) is 9.95. The maximum atomic E-state index is 8.85. The third-order valence-electron chi connectivity index (χ3n) is 2.80. The molecule has 0 saturated heterocycles. The molecule has 1 N–H and O–H groups in total. The van der Waals surface area contributed by atoms with Crippen molar-refractivity contribution in [2.75, 3.05) is 18.5 Å². The van der Waals surface area contributed by atoms with E-state index in [1.54, 1.807) is 11.3 Å². The van der Waals surface area contributed by atoms with Gasteiger partial charge >= 0.3 is 0 Å². The topological polar surface area (TPSA) is 54.3 Å². The minimum Gasteiger partial charge on any atom is -0.494 e. The highest BCUT2D eigenvalue weighted by Gasteiger charge is 2.07. The lowest BCUT2D eigenvalue weighted by molar-refractivity contribution is 0.332. The molecule has 21 heavy (non-hydrogen) atoms. The van der Waals surface area contributed by atoms with Crippen LogP contribution in [0.2, 0.25) is 0 Å². The molecule has 0 saturated carbocycles. The number of hydrogen-bond donors (Lipinski definition) is 1. The molecule has 0 fully saturated rings. The second-order valence-corrected chi connectivity index (χ2v) is 5.29. The molecule has 1 heterocycles. The zero-order chi connectivity index (χ0) is 15.1. The predicted octanol–water partition coefficient (Wildman–Crippen LogP) is 4.03. The lowest BCUT2D eigenvalue weighted by Crippen LogP contribution is -2.02. The molecule has 5 heteroatoms. The number of nitriles is 1. The first-order valence-electron chi connectivity index (χ1n) is 6.87. The fourth-order valence-electron chi connectivity index (χ4n) is 1.90. The molecule has 1 aromatic heterocycles. The van der Waals surface area contributed by atoms with Crippen LogP contribution in [0.15, 0.2) is 29.6 Å². The number of nitrogens with one attached hydrogen (secondary N) is 1. The monoisotopic (exact) mass is 302 g/mol. The zero-order valence-electron chi connectivity index (χ0n) is 12.2. The molecule has 0 unspecified atom stereocenters. The van der Waals surface area contributed by atoms with E-state index >= 15 is 0 Å². The molecule has 0 radical (unpaired) electrons. The van der Waals surface area contributed by atoms with E-state index in [4.69, 9.17) is 14.7 Å². The summed E-state index contributed by atoms with van der Waals surface area (Å²) in [4.78, 5) is 1.11. The summed E-state index contributed by atoms with van der Waals surface area (Å²) in [5.74, 6) is 1.62. The van der Waals surface area contributed by atoms with Gasteiger partial charge in [0.05, 0.1) is 24.5 Å². The standard InChI is InChI=1S/C16H18N2O2S/c1-3-19-13-5-6-16(20-4-2)15(8-13)18-10-14-7-12(9-17)11-21-14/h5-8,11,18H,3-4,10H2,1-2H3. The van der Waals surface area contributed by atoms with E-state index in [2.05, 4.69) is 11.4 Å². The Morgan fingerprint density at radius 1 is 1.19 bits per heavy atom. The fraction of sp³-hybridized carbons (Fsp3) is 0.312. The quantitative estimate of drug-likeness (QED) is 0.839. The van der Waals surface area contributed by atoms with E-state index in [1.807, 2.05) is 43.5 Å². The summed E-state index contributed by atoms with van der Waals surface area (Å²) in [5.41, 5.74) is 1.60.